The largest absolute Gasteiger partial charge is 0.459 e. The number of nitro groups is 1. The molecule has 0 fully saturated rings. The van der Waals surface area contributed by atoms with E-state index in [1.165, 1.54) is 35.6 Å². The number of carbonyl (C=O) groups excluding carboxylic acids is 2. The molecular weight excluding hydrogens is 518 g/mol. The van der Waals surface area contributed by atoms with Crippen LogP contribution in [0.2, 0.25) is 5.02 Å². The summed E-state index contributed by atoms with van der Waals surface area (Å²) in [6, 6.07) is 8.98. The fraction of sp³-hybridized carbons (Fsp3) is 0.269. The Morgan fingerprint density at radius 2 is 2.03 bits per heavy atom. The van der Waals surface area contributed by atoms with Gasteiger partial charge >= 0.3 is 5.97 Å². The van der Waals surface area contributed by atoms with Crippen molar-refractivity contribution in [1.82, 2.24) is 0 Å². The van der Waals surface area contributed by atoms with Crippen molar-refractivity contribution in [1.29, 1.82) is 5.26 Å². The second kappa shape index (κ2) is 11.0. The van der Waals surface area contributed by atoms with Crippen LogP contribution in [0.4, 0.5) is 10.7 Å². The Balaban J connectivity index is 1.59. The van der Waals surface area contributed by atoms with Crippen LogP contribution in [-0.4, -0.2) is 22.9 Å². The molecule has 2 heterocycles. The second-order valence-corrected chi connectivity index (χ2v) is 10.1. The van der Waals surface area contributed by atoms with Gasteiger partial charge in [-0.3, -0.25) is 14.9 Å². The normalized spacial score (nSPS) is 13.1. The number of thiophene rings is 1. The molecule has 37 heavy (non-hydrogen) atoms. The summed E-state index contributed by atoms with van der Waals surface area (Å²) in [4.78, 5) is 37.3. The summed E-state index contributed by atoms with van der Waals surface area (Å²) in [6.45, 7) is 3.51. The van der Waals surface area contributed by atoms with E-state index in [0.717, 1.165) is 36.1 Å². The minimum atomic E-state index is -0.689. The number of hydrogen-bond donors (Lipinski definition) is 1. The number of furan rings is 1. The van der Waals surface area contributed by atoms with Crippen LogP contribution in [0.5, 0.6) is 0 Å². The zero-order valence-electron chi connectivity index (χ0n) is 20.0. The molecule has 190 valence electrons. The Bertz CT molecular complexity index is 1460. The smallest absolute Gasteiger partial charge is 0.341 e. The Hall–Kier alpha value is -3.94. The minimum Gasteiger partial charge on any atom is -0.459 e. The number of amides is 1. The summed E-state index contributed by atoms with van der Waals surface area (Å²) >= 11 is 7.50. The molecule has 1 aliphatic rings. The highest BCUT2D eigenvalue weighted by molar-refractivity contribution is 7.17. The standard InChI is InChI=1S/C26H22ClN3O6S/c1-14(2)35-26(32)23-19-5-3-4-6-22(19)37-25(23)29-24(31)15(13-28)11-17-8-10-21(36-17)18-9-7-16(30(33)34)12-20(18)27/h7-12,14H,3-6H2,1-2H3,(H,29,31)/b15-11+. The predicted molar refractivity (Wildman–Crippen MR) is 140 cm³/mol. The topological polar surface area (TPSA) is 135 Å². The molecule has 3 aromatic rings. The van der Waals surface area contributed by atoms with Crippen LogP contribution in [0.1, 0.15) is 53.2 Å². The summed E-state index contributed by atoms with van der Waals surface area (Å²) in [6.07, 6.45) is 4.45. The van der Waals surface area contributed by atoms with Crippen molar-refractivity contribution < 1.29 is 23.7 Å². The van der Waals surface area contributed by atoms with Gasteiger partial charge in [-0.1, -0.05) is 11.6 Å². The van der Waals surface area contributed by atoms with Gasteiger partial charge in [-0.05, 0) is 63.3 Å². The Kier molecular flexibility index (Phi) is 7.76. The molecule has 1 aromatic carbocycles. The third-order valence-electron chi connectivity index (χ3n) is 5.65. The highest BCUT2D eigenvalue weighted by Crippen LogP contribution is 2.39. The number of hydrogen-bond acceptors (Lipinski definition) is 8. The molecule has 4 rings (SSSR count). The molecule has 9 nitrogen and oxygen atoms in total. The number of non-ortho nitro benzene ring substituents is 1. The lowest BCUT2D eigenvalue weighted by Crippen LogP contribution is -2.18. The lowest BCUT2D eigenvalue weighted by molar-refractivity contribution is -0.384. The number of esters is 1. The molecule has 1 aliphatic carbocycles. The first-order chi connectivity index (χ1) is 17.7. The van der Waals surface area contributed by atoms with Crippen LogP contribution in [0.3, 0.4) is 0 Å². The number of nitro benzene ring substituents is 1. The van der Waals surface area contributed by atoms with Gasteiger partial charge in [-0.2, -0.15) is 5.26 Å². The molecule has 0 radical (unpaired) electrons. The highest BCUT2D eigenvalue weighted by Gasteiger charge is 2.28. The third kappa shape index (κ3) is 5.74. The van der Waals surface area contributed by atoms with Crippen molar-refractivity contribution in [3.05, 3.63) is 72.8 Å². The summed E-state index contributed by atoms with van der Waals surface area (Å²) in [7, 11) is 0. The molecule has 0 spiro atoms. The zero-order chi connectivity index (χ0) is 26.7. The number of fused-ring (bicyclic) bond motifs is 1. The van der Waals surface area contributed by atoms with E-state index < -0.39 is 16.8 Å². The second-order valence-electron chi connectivity index (χ2n) is 8.62. The Morgan fingerprint density at radius 3 is 2.70 bits per heavy atom. The van der Waals surface area contributed by atoms with Crippen molar-refractivity contribution in [3.63, 3.8) is 0 Å². The number of carbonyl (C=O) groups is 2. The maximum absolute atomic E-state index is 13.0. The summed E-state index contributed by atoms with van der Waals surface area (Å²) in [5, 5.41) is 23.8. The van der Waals surface area contributed by atoms with Gasteiger partial charge in [-0.15, -0.1) is 11.3 Å². The van der Waals surface area contributed by atoms with Crippen LogP contribution in [0.15, 0.2) is 40.3 Å². The van der Waals surface area contributed by atoms with E-state index in [1.54, 1.807) is 26.0 Å². The number of nitriles is 1. The van der Waals surface area contributed by atoms with Gasteiger partial charge in [0, 0.05) is 28.6 Å². The van der Waals surface area contributed by atoms with Crippen molar-refractivity contribution >= 4 is 51.6 Å². The highest BCUT2D eigenvalue weighted by atomic mass is 35.5. The van der Waals surface area contributed by atoms with Gasteiger partial charge in [0.25, 0.3) is 11.6 Å². The average molecular weight is 540 g/mol. The molecule has 0 unspecified atom stereocenters. The van der Waals surface area contributed by atoms with Crippen LogP contribution in [0.25, 0.3) is 17.4 Å². The monoisotopic (exact) mass is 539 g/mol. The number of nitrogens with one attached hydrogen (secondary N) is 1. The first kappa shape index (κ1) is 26.1. The van der Waals surface area contributed by atoms with Crippen molar-refractivity contribution in [2.75, 3.05) is 5.32 Å². The van der Waals surface area contributed by atoms with E-state index in [2.05, 4.69) is 5.32 Å². The fourth-order valence-electron chi connectivity index (χ4n) is 4.00. The molecule has 1 N–H and O–H groups in total. The van der Waals surface area contributed by atoms with E-state index in [0.29, 0.717) is 21.9 Å². The zero-order valence-corrected chi connectivity index (χ0v) is 21.6. The number of nitrogens with zero attached hydrogens (tertiary/aromatic N) is 2. The van der Waals surface area contributed by atoms with E-state index in [9.17, 15) is 25.0 Å². The molecule has 2 aromatic heterocycles. The number of benzene rings is 1. The number of ether oxygens (including phenoxy) is 1. The molecule has 0 aliphatic heterocycles. The third-order valence-corrected chi connectivity index (χ3v) is 7.17. The summed E-state index contributed by atoms with van der Waals surface area (Å²) < 4.78 is 11.1. The molecule has 1 amide bonds. The SMILES string of the molecule is CC(C)OC(=O)c1c(NC(=O)/C(C#N)=C/c2ccc(-c3ccc([N+](=O)[O-])cc3Cl)o2)sc2c1CCCC2. The molecule has 0 atom stereocenters. The molecule has 0 saturated carbocycles. The maximum atomic E-state index is 13.0. The molecular formula is C26H22ClN3O6S. The first-order valence-electron chi connectivity index (χ1n) is 11.5. The lowest BCUT2D eigenvalue weighted by atomic mass is 9.95. The van der Waals surface area contributed by atoms with E-state index in [-0.39, 0.29) is 28.1 Å². The number of rotatable bonds is 7. The summed E-state index contributed by atoms with van der Waals surface area (Å²) in [5.74, 6) is -0.664. The first-order valence-corrected chi connectivity index (χ1v) is 12.7. The van der Waals surface area contributed by atoms with Crippen LogP contribution >= 0.6 is 22.9 Å². The predicted octanol–water partition coefficient (Wildman–Crippen LogP) is 6.56. The van der Waals surface area contributed by atoms with Gasteiger partial charge in [0.1, 0.15) is 28.2 Å². The number of anilines is 1. The quantitative estimate of drug-likeness (QED) is 0.118. The number of halogens is 1. The molecule has 0 bridgehead atoms. The van der Waals surface area contributed by atoms with E-state index in [1.807, 2.05) is 6.07 Å². The van der Waals surface area contributed by atoms with Crippen LogP contribution < -0.4 is 5.32 Å². The Morgan fingerprint density at radius 1 is 1.27 bits per heavy atom. The van der Waals surface area contributed by atoms with E-state index in [4.69, 9.17) is 20.8 Å². The lowest BCUT2D eigenvalue weighted by Gasteiger charge is -2.14. The average Bonchev–Trinajstić information content (AvgIpc) is 3.46. The van der Waals surface area contributed by atoms with Gasteiger partial charge in [0.2, 0.25) is 0 Å². The van der Waals surface area contributed by atoms with E-state index >= 15 is 0 Å². The van der Waals surface area contributed by atoms with Crippen molar-refractivity contribution in [2.45, 2.75) is 45.6 Å². The summed E-state index contributed by atoms with van der Waals surface area (Å²) in [5.41, 5.74) is 1.29. The van der Waals surface area contributed by atoms with Gasteiger partial charge < -0.3 is 14.5 Å². The molecule has 11 heteroatoms. The van der Waals surface area contributed by atoms with Crippen LogP contribution in [0, 0.1) is 21.4 Å². The minimum absolute atomic E-state index is 0.125. The maximum Gasteiger partial charge on any atom is 0.341 e. The Labute approximate surface area is 221 Å². The van der Waals surface area contributed by atoms with Gasteiger partial charge in [-0.25, -0.2) is 4.79 Å². The fourth-order valence-corrected chi connectivity index (χ4v) is 5.54. The number of aryl methyl sites for hydroxylation is 1. The van der Waals surface area contributed by atoms with Gasteiger partial charge in [0.05, 0.1) is 21.6 Å². The van der Waals surface area contributed by atoms with Crippen molar-refractivity contribution in [2.24, 2.45) is 0 Å². The van der Waals surface area contributed by atoms with Crippen molar-refractivity contribution in [3.8, 4) is 17.4 Å². The molecule has 0 saturated heterocycles. The van der Waals surface area contributed by atoms with Crippen LogP contribution in [-0.2, 0) is 22.4 Å². The van der Waals surface area contributed by atoms with Gasteiger partial charge in [0.15, 0.2) is 0 Å².